The smallest absolute Gasteiger partial charge is 0.258 e. The Balaban J connectivity index is 1.44. The monoisotopic (exact) mass is 325 g/mol. The lowest BCUT2D eigenvalue weighted by Crippen LogP contribution is -2.33. The lowest BCUT2D eigenvalue weighted by molar-refractivity contribution is 0.184. The van der Waals surface area contributed by atoms with Crippen molar-refractivity contribution in [3.8, 4) is 0 Å². The van der Waals surface area contributed by atoms with E-state index in [1.165, 1.54) is 0 Å². The van der Waals surface area contributed by atoms with Crippen molar-refractivity contribution in [2.75, 3.05) is 13.1 Å². The highest BCUT2D eigenvalue weighted by Gasteiger charge is 2.25. The van der Waals surface area contributed by atoms with E-state index in [1.54, 1.807) is 6.07 Å². The van der Waals surface area contributed by atoms with Crippen LogP contribution in [0, 0.1) is 6.92 Å². The summed E-state index contributed by atoms with van der Waals surface area (Å²) >= 11 is 0. The number of aromatic nitrogens is 4. The van der Waals surface area contributed by atoms with E-state index < -0.39 is 0 Å². The first-order chi connectivity index (χ1) is 11.7. The predicted molar refractivity (Wildman–Crippen MR) is 88.7 cm³/mol. The molecule has 1 saturated heterocycles. The van der Waals surface area contributed by atoms with Crippen LogP contribution < -0.4 is 5.56 Å². The van der Waals surface area contributed by atoms with Gasteiger partial charge in [0.1, 0.15) is 5.82 Å². The van der Waals surface area contributed by atoms with Gasteiger partial charge >= 0.3 is 0 Å². The Kier molecular flexibility index (Phi) is 3.86. The number of rotatable bonds is 3. The fraction of sp³-hybridized carbons (Fsp3) is 0.412. The Bertz CT molecular complexity index is 908. The lowest BCUT2D eigenvalue weighted by atomic mass is 9.97. The van der Waals surface area contributed by atoms with E-state index in [1.807, 2.05) is 25.1 Å². The van der Waals surface area contributed by atoms with Crippen molar-refractivity contribution >= 4 is 10.9 Å². The number of para-hydroxylation sites is 1. The molecule has 2 aromatic heterocycles. The maximum atomic E-state index is 12.1. The summed E-state index contributed by atoms with van der Waals surface area (Å²) in [6.45, 7) is 4.32. The average Bonchev–Trinajstić information content (AvgIpc) is 3.02. The number of piperidine rings is 1. The zero-order valence-electron chi connectivity index (χ0n) is 13.5. The van der Waals surface area contributed by atoms with Crippen molar-refractivity contribution in [3.05, 3.63) is 52.2 Å². The summed E-state index contributed by atoms with van der Waals surface area (Å²) in [5, 5.41) is 4.50. The maximum Gasteiger partial charge on any atom is 0.258 e. The topological polar surface area (TPSA) is 87.9 Å². The summed E-state index contributed by atoms with van der Waals surface area (Å²) in [6, 6.07) is 7.42. The molecule has 1 aliphatic heterocycles. The van der Waals surface area contributed by atoms with Gasteiger partial charge in [0.05, 0.1) is 17.4 Å². The van der Waals surface area contributed by atoms with Gasteiger partial charge < -0.3 is 9.51 Å². The Morgan fingerprint density at radius 1 is 1.25 bits per heavy atom. The molecule has 1 aromatic carbocycles. The Morgan fingerprint density at radius 2 is 2.04 bits per heavy atom. The van der Waals surface area contributed by atoms with Crippen LogP contribution in [0.4, 0.5) is 0 Å². The minimum atomic E-state index is -0.0770. The molecule has 0 saturated carbocycles. The summed E-state index contributed by atoms with van der Waals surface area (Å²) in [7, 11) is 0. The molecule has 1 fully saturated rings. The molecular weight excluding hydrogens is 306 g/mol. The molecule has 0 atom stereocenters. The third kappa shape index (κ3) is 2.94. The maximum absolute atomic E-state index is 12.1. The number of H-pyrrole nitrogens is 1. The molecule has 7 heteroatoms. The fourth-order valence-corrected chi connectivity index (χ4v) is 3.24. The van der Waals surface area contributed by atoms with Gasteiger partial charge in [0.15, 0.2) is 5.82 Å². The van der Waals surface area contributed by atoms with Gasteiger partial charge in [-0.3, -0.25) is 9.69 Å². The van der Waals surface area contributed by atoms with Gasteiger partial charge in [-0.25, -0.2) is 4.98 Å². The number of fused-ring (bicyclic) bond motifs is 1. The highest BCUT2D eigenvalue weighted by atomic mass is 16.5. The van der Waals surface area contributed by atoms with Gasteiger partial charge in [-0.1, -0.05) is 17.3 Å². The molecule has 7 nitrogen and oxygen atoms in total. The van der Waals surface area contributed by atoms with Crippen molar-refractivity contribution in [3.63, 3.8) is 0 Å². The van der Waals surface area contributed by atoms with E-state index >= 15 is 0 Å². The number of aromatic amines is 1. The molecule has 3 heterocycles. The molecule has 0 spiro atoms. The second kappa shape index (κ2) is 6.16. The Hall–Kier alpha value is -2.54. The van der Waals surface area contributed by atoms with E-state index in [0.717, 1.165) is 37.3 Å². The zero-order chi connectivity index (χ0) is 16.5. The number of hydrogen-bond donors (Lipinski definition) is 1. The predicted octanol–water partition coefficient (Wildman–Crippen LogP) is 1.99. The van der Waals surface area contributed by atoms with Gasteiger partial charge in [0, 0.05) is 5.92 Å². The molecule has 0 aliphatic carbocycles. The van der Waals surface area contributed by atoms with Crippen molar-refractivity contribution < 1.29 is 4.52 Å². The zero-order valence-corrected chi connectivity index (χ0v) is 13.5. The molecule has 4 rings (SSSR count). The molecule has 1 aliphatic rings. The summed E-state index contributed by atoms with van der Waals surface area (Å²) in [5.74, 6) is 2.46. The Labute approximate surface area is 138 Å². The molecule has 124 valence electrons. The minimum absolute atomic E-state index is 0.0770. The quantitative estimate of drug-likeness (QED) is 0.792. The van der Waals surface area contributed by atoms with Crippen molar-refractivity contribution in [1.82, 2.24) is 25.0 Å². The van der Waals surface area contributed by atoms with E-state index in [9.17, 15) is 4.79 Å². The van der Waals surface area contributed by atoms with Gasteiger partial charge in [-0.15, -0.1) is 0 Å². The van der Waals surface area contributed by atoms with Crippen LogP contribution in [0.25, 0.3) is 10.9 Å². The largest absolute Gasteiger partial charge is 0.339 e. The molecule has 24 heavy (non-hydrogen) atoms. The number of aryl methyl sites for hydroxylation is 1. The SMILES string of the molecule is Cc1noc(C2CCN(Cc3nc4ccccc4c(=O)[nH]3)CC2)n1. The van der Waals surface area contributed by atoms with Crippen LogP contribution in [0.1, 0.15) is 36.3 Å². The molecular formula is C17H19N5O2. The van der Waals surface area contributed by atoms with Crippen LogP contribution in [-0.2, 0) is 6.54 Å². The summed E-state index contributed by atoms with van der Waals surface area (Å²) in [5.41, 5.74) is 0.666. The summed E-state index contributed by atoms with van der Waals surface area (Å²) < 4.78 is 5.28. The van der Waals surface area contributed by atoms with E-state index in [2.05, 4.69) is 25.0 Å². The number of hydrogen-bond acceptors (Lipinski definition) is 6. The molecule has 0 amide bonds. The first-order valence-electron chi connectivity index (χ1n) is 8.19. The molecule has 0 radical (unpaired) electrons. The van der Waals surface area contributed by atoms with Gasteiger partial charge in [0.25, 0.3) is 5.56 Å². The third-order valence-electron chi connectivity index (χ3n) is 4.52. The van der Waals surface area contributed by atoms with Crippen molar-refractivity contribution in [2.24, 2.45) is 0 Å². The summed E-state index contributed by atoms with van der Waals surface area (Å²) in [6.07, 6.45) is 1.94. The van der Waals surface area contributed by atoms with Crippen LogP contribution in [0.15, 0.2) is 33.6 Å². The molecule has 0 unspecified atom stereocenters. The van der Waals surface area contributed by atoms with Gasteiger partial charge in [-0.05, 0) is 45.0 Å². The van der Waals surface area contributed by atoms with Crippen LogP contribution in [0.3, 0.4) is 0 Å². The highest BCUT2D eigenvalue weighted by molar-refractivity contribution is 5.77. The average molecular weight is 325 g/mol. The second-order valence-corrected chi connectivity index (χ2v) is 6.26. The van der Waals surface area contributed by atoms with Crippen molar-refractivity contribution in [2.45, 2.75) is 32.2 Å². The van der Waals surface area contributed by atoms with E-state index in [0.29, 0.717) is 29.5 Å². The van der Waals surface area contributed by atoms with Crippen LogP contribution in [0.5, 0.6) is 0 Å². The standard InChI is InChI=1S/C17H19N5O2/c1-11-18-17(24-21-11)12-6-8-22(9-7-12)10-15-19-14-5-3-2-4-13(14)16(23)20-15/h2-5,12H,6-10H2,1H3,(H,19,20,23). The third-order valence-corrected chi connectivity index (χ3v) is 4.52. The second-order valence-electron chi connectivity index (χ2n) is 6.26. The van der Waals surface area contributed by atoms with Crippen LogP contribution in [-0.4, -0.2) is 38.1 Å². The highest BCUT2D eigenvalue weighted by Crippen LogP contribution is 2.27. The molecule has 3 aromatic rings. The number of nitrogens with one attached hydrogen (secondary N) is 1. The Morgan fingerprint density at radius 3 is 2.79 bits per heavy atom. The first-order valence-corrected chi connectivity index (χ1v) is 8.19. The fourth-order valence-electron chi connectivity index (χ4n) is 3.24. The molecule has 0 bridgehead atoms. The van der Waals surface area contributed by atoms with Crippen molar-refractivity contribution in [1.29, 1.82) is 0 Å². The number of benzene rings is 1. The van der Waals surface area contributed by atoms with E-state index in [4.69, 9.17) is 4.52 Å². The lowest BCUT2D eigenvalue weighted by Gasteiger charge is -2.29. The summed E-state index contributed by atoms with van der Waals surface area (Å²) in [4.78, 5) is 26.2. The van der Waals surface area contributed by atoms with Crippen LogP contribution in [0.2, 0.25) is 0 Å². The first kappa shape index (κ1) is 15.0. The van der Waals surface area contributed by atoms with Gasteiger partial charge in [-0.2, -0.15) is 4.98 Å². The van der Waals surface area contributed by atoms with Crippen LogP contribution >= 0.6 is 0 Å². The number of nitrogens with zero attached hydrogens (tertiary/aromatic N) is 4. The van der Waals surface area contributed by atoms with Gasteiger partial charge in [0.2, 0.25) is 5.89 Å². The number of likely N-dealkylation sites (tertiary alicyclic amines) is 1. The van der Waals surface area contributed by atoms with E-state index in [-0.39, 0.29) is 5.56 Å². The molecule has 1 N–H and O–H groups in total. The normalized spacial score (nSPS) is 16.7. The minimum Gasteiger partial charge on any atom is -0.339 e.